The Kier molecular flexibility index (Phi) is 8.39. The number of cyclic esters (lactones) is 1. The molecule has 0 amide bonds. The molecule has 2 fully saturated rings. The SMILES string of the molecule is CCCC1CC(C)CCCC2(C)OC2(O)C(O)C(c2ccc3sc(C)nc3c2)OC(=O)CCC(C)(C)C1=O. The van der Waals surface area contributed by atoms with E-state index in [1.165, 1.54) is 0 Å². The van der Waals surface area contributed by atoms with Gasteiger partial charge < -0.3 is 19.7 Å². The molecule has 2 saturated heterocycles. The van der Waals surface area contributed by atoms with Crippen molar-refractivity contribution in [2.24, 2.45) is 17.3 Å². The number of epoxide rings is 1. The quantitative estimate of drug-likeness (QED) is 0.358. The topological polar surface area (TPSA) is 109 Å². The number of rotatable bonds is 3. The molecule has 38 heavy (non-hydrogen) atoms. The molecule has 0 bridgehead atoms. The minimum absolute atomic E-state index is 0.0327. The molecule has 1 aromatic heterocycles. The van der Waals surface area contributed by atoms with Crippen LogP contribution in [0.15, 0.2) is 18.2 Å². The summed E-state index contributed by atoms with van der Waals surface area (Å²) in [5, 5.41) is 23.7. The van der Waals surface area contributed by atoms with Crippen LogP contribution in [0.4, 0.5) is 0 Å². The maximum Gasteiger partial charge on any atom is 0.306 e. The fourth-order valence-electron chi connectivity index (χ4n) is 6.06. The number of hydrogen-bond donors (Lipinski definition) is 2. The summed E-state index contributed by atoms with van der Waals surface area (Å²) in [6.45, 7) is 11.8. The normalized spacial score (nSPS) is 35.1. The number of ketones is 1. The van der Waals surface area contributed by atoms with E-state index in [2.05, 4.69) is 18.8 Å². The molecule has 4 rings (SSSR count). The number of Topliss-reactive ketones (excluding diaryl/α,β-unsaturated/α-hetero) is 1. The molecule has 0 aliphatic carbocycles. The number of aliphatic hydroxyl groups excluding tert-OH is 1. The third kappa shape index (κ3) is 5.83. The predicted molar refractivity (Wildman–Crippen MR) is 148 cm³/mol. The van der Waals surface area contributed by atoms with Crippen molar-refractivity contribution in [1.29, 1.82) is 0 Å². The van der Waals surface area contributed by atoms with Gasteiger partial charge in [0.2, 0.25) is 5.79 Å². The van der Waals surface area contributed by atoms with Crippen molar-refractivity contribution >= 4 is 33.3 Å². The summed E-state index contributed by atoms with van der Waals surface area (Å²) in [6, 6.07) is 5.49. The molecule has 6 unspecified atom stereocenters. The lowest BCUT2D eigenvalue weighted by Crippen LogP contribution is -2.42. The van der Waals surface area contributed by atoms with Gasteiger partial charge in [0.25, 0.3) is 0 Å². The van der Waals surface area contributed by atoms with Crippen LogP contribution in [0.1, 0.15) is 103 Å². The number of aromatic nitrogens is 1. The number of esters is 1. The van der Waals surface area contributed by atoms with Gasteiger partial charge in [0.05, 0.1) is 15.2 Å². The maximum atomic E-state index is 13.6. The van der Waals surface area contributed by atoms with Gasteiger partial charge in [-0.3, -0.25) is 9.59 Å². The van der Waals surface area contributed by atoms with Crippen molar-refractivity contribution in [2.45, 2.75) is 117 Å². The highest BCUT2D eigenvalue weighted by Gasteiger charge is 2.71. The Morgan fingerprint density at radius 3 is 2.63 bits per heavy atom. The van der Waals surface area contributed by atoms with E-state index in [-0.39, 0.29) is 18.1 Å². The van der Waals surface area contributed by atoms with Gasteiger partial charge in [-0.1, -0.05) is 53.0 Å². The molecule has 2 aliphatic heterocycles. The van der Waals surface area contributed by atoms with E-state index in [1.807, 2.05) is 26.8 Å². The van der Waals surface area contributed by atoms with Crippen LogP contribution in [-0.2, 0) is 19.1 Å². The maximum absolute atomic E-state index is 13.6. The zero-order chi connectivity index (χ0) is 27.9. The molecule has 0 spiro atoms. The van der Waals surface area contributed by atoms with E-state index in [0.717, 1.165) is 47.3 Å². The van der Waals surface area contributed by atoms with Gasteiger partial charge in [-0.2, -0.15) is 0 Å². The lowest BCUT2D eigenvalue weighted by Gasteiger charge is -2.31. The standard InChI is InChI=1S/C30H43NO6S/c1-7-9-21-16-18(2)10-8-14-29(6)30(35,37-29)27(34)25(36-24(32)13-15-28(4,5)26(21)33)20-11-12-23-22(17-20)31-19(3)38-23/h11-12,17-18,21,25,27,34-35H,7-10,13-16H2,1-6H3. The average molecular weight is 546 g/mol. The van der Waals surface area contributed by atoms with Crippen LogP contribution in [0.3, 0.4) is 0 Å². The Morgan fingerprint density at radius 1 is 1.18 bits per heavy atom. The zero-order valence-electron chi connectivity index (χ0n) is 23.6. The third-order valence-corrected chi connectivity index (χ3v) is 9.51. The number of hydrogen-bond acceptors (Lipinski definition) is 8. The van der Waals surface area contributed by atoms with Crippen LogP contribution in [0, 0.1) is 24.2 Å². The average Bonchev–Trinajstić information content (AvgIpc) is 3.21. The summed E-state index contributed by atoms with van der Waals surface area (Å²) in [5.41, 5.74) is -0.329. The second-order valence-electron chi connectivity index (χ2n) is 12.3. The van der Waals surface area contributed by atoms with Crippen molar-refractivity contribution in [3.05, 3.63) is 28.8 Å². The van der Waals surface area contributed by atoms with Crippen molar-refractivity contribution in [3.8, 4) is 0 Å². The first-order valence-electron chi connectivity index (χ1n) is 14.0. The van der Waals surface area contributed by atoms with Gasteiger partial charge in [0.1, 0.15) is 11.4 Å². The summed E-state index contributed by atoms with van der Waals surface area (Å²) in [7, 11) is 0. The van der Waals surface area contributed by atoms with E-state index in [4.69, 9.17) is 9.47 Å². The van der Waals surface area contributed by atoms with Crippen LogP contribution in [0.5, 0.6) is 0 Å². The Morgan fingerprint density at radius 2 is 1.92 bits per heavy atom. The van der Waals surface area contributed by atoms with Crippen LogP contribution < -0.4 is 0 Å². The molecule has 0 saturated carbocycles. The molecule has 2 aliphatic rings. The number of benzene rings is 1. The van der Waals surface area contributed by atoms with Gasteiger partial charge >= 0.3 is 5.97 Å². The highest BCUT2D eigenvalue weighted by molar-refractivity contribution is 7.18. The lowest BCUT2D eigenvalue weighted by atomic mass is 9.73. The number of nitrogens with zero attached hydrogens (tertiary/aromatic N) is 1. The Labute approximate surface area is 229 Å². The number of carbonyl (C=O) groups is 2. The first-order chi connectivity index (χ1) is 17.8. The lowest BCUT2D eigenvalue weighted by molar-refractivity contribution is -0.171. The number of thiazole rings is 1. The van der Waals surface area contributed by atoms with Crippen LogP contribution >= 0.6 is 11.3 Å². The van der Waals surface area contributed by atoms with Crippen LogP contribution in [0.25, 0.3) is 10.2 Å². The summed E-state index contributed by atoms with van der Waals surface area (Å²) in [4.78, 5) is 31.3. The molecule has 2 aromatic rings. The van der Waals surface area contributed by atoms with Crippen molar-refractivity contribution in [1.82, 2.24) is 4.98 Å². The molecule has 2 N–H and O–H groups in total. The van der Waals surface area contributed by atoms with Crippen LogP contribution in [0.2, 0.25) is 0 Å². The smallest absolute Gasteiger partial charge is 0.306 e. The number of aryl methyl sites for hydroxylation is 1. The molecule has 7 nitrogen and oxygen atoms in total. The van der Waals surface area contributed by atoms with Gasteiger partial charge in [-0.15, -0.1) is 11.3 Å². The number of fused-ring (bicyclic) bond motifs is 2. The second kappa shape index (κ2) is 11.0. The monoisotopic (exact) mass is 545 g/mol. The molecule has 0 radical (unpaired) electrons. The molecule has 8 heteroatoms. The number of carbonyl (C=O) groups excluding carboxylic acids is 2. The van der Waals surface area contributed by atoms with Gasteiger partial charge in [-0.05, 0) is 63.1 Å². The van der Waals surface area contributed by atoms with E-state index in [0.29, 0.717) is 24.3 Å². The Bertz CT molecular complexity index is 1180. The van der Waals surface area contributed by atoms with Crippen molar-refractivity contribution < 1.29 is 29.3 Å². The number of aliphatic hydroxyl groups is 2. The van der Waals surface area contributed by atoms with Gasteiger partial charge in [0, 0.05) is 17.8 Å². The summed E-state index contributed by atoms with van der Waals surface area (Å²) >= 11 is 1.56. The van der Waals surface area contributed by atoms with E-state index in [9.17, 15) is 19.8 Å². The summed E-state index contributed by atoms with van der Waals surface area (Å²) < 4.78 is 12.7. The Hall–Kier alpha value is -1.87. The van der Waals surface area contributed by atoms with E-state index < -0.39 is 35.0 Å². The summed E-state index contributed by atoms with van der Waals surface area (Å²) in [6.07, 6.45) is 2.58. The van der Waals surface area contributed by atoms with E-state index in [1.54, 1.807) is 30.4 Å². The van der Waals surface area contributed by atoms with Gasteiger partial charge in [-0.25, -0.2) is 4.98 Å². The minimum Gasteiger partial charge on any atom is -0.454 e. The predicted octanol–water partition coefficient (Wildman–Crippen LogP) is 6.03. The molecule has 6 atom stereocenters. The first-order valence-corrected chi connectivity index (χ1v) is 14.8. The molecule has 1 aromatic carbocycles. The summed E-state index contributed by atoms with van der Waals surface area (Å²) in [5.74, 6) is -1.85. The Balaban J connectivity index is 1.65. The van der Waals surface area contributed by atoms with Crippen molar-refractivity contribution in [3.63, 3.8) is 0 Å². The fraction of sp³-hybridized carbons (Fsp3) is 0.700. The molecular formula is C30H43NO6S. The van der Waals surface area contributed by atoms with Crippen LogP contribution in [-0.4, -0.2) is 44.4 Å². The third-order valence-electron chi connectivity index (χ3n) is 8.56. The zero-order valence-corrected chi connectivity index (χ0v) is 24.4. The fourth-order valence-corrected chi connectivity index (χ4v) is 6.87. The highest BCUT2D eigenvalue weighted by Crippen LogP contribution is 2.54. The number of ether oxygens (including phenoxy) is 2. The molecule has 3 heterocycles. The second-order valence-corrected chi connectivity index (χ2v) is 13.5. The molecule has 210 valence electrons. The first kappa shape index (κ1) is 29.1. The molecular weight excluding hydrogens is 502 g/mol. The largest absolute Gasteiger partial charge is 0.454 e. The van der Waals surface area contributed by atoms with E-state index >= 15 is 0 Å². The minimum atomic E-state index is -1.83. The highest BCUT2D eigenvalue weighted by atomic mass is 32.1. The van der Waals surface area contributed by atoms with Crippen molar-refractivity contribution in [2.75, 3.05) is 0 Å². The van der Waals surface area contributed by atoms with Gasteiger partial charge in [0.15, 0.2) is 12.2 Å².